The third kappa shape index (κ3) is 10.9. The highest BCUT2D eigenvalue weighted by Gasteiger charge is 2.20. The van der Waals surface area contributed by atoms with Crippen LogP contribution in [0.25, 0.3) is 151 Å². The fourth-order valence-corrected chi connectivity index (χ4v) is 12.6. The summed E-state index contributed by atoms with van der Waals surface area (Å²) in [4.78, 5) is 32.3. The van der Waals surface area contributed by atoms with Crippen molar-refractivity contribution in [2.24, 2.45) is 0 Å². The number of benzene rings is 12. The summed E-state index contributed by atoms with van der Waals surface area (Å²) in [5.74, 6) is 3.83. The molecule has 0 atom stereocenters. The van der Waals surface area contributed by atoms with E-state index in [0.717, 1.165) is 55.8 Å². The van der Waals surface area contributed by atoms with Crippen LogP contribution in [0.1, 0.15) is 0 Å². The van der Waals surface area contributed by atoms with E-state index in [0.29, 0.717) is 40.0 Å². The molecule has 0 saturated heterocycles. The normalized spacial score (nSPS) is 11.3. The van der Waals surface area contributed by atoms with Crippen molar-refractivity contribution in [2.45, 2.75) is 0 Å². The number of nitrogens with one attached hydrogen (secondary N) is 1. The van der Waals surface area contributed by atoms with Gasteiger partial charge in [0.2, 0.25) is 0 Å². The minimum atomic E-state index is 0.607. The van der Waals surface area contributed by atoms with E-state index in [-0.39, 0.29) is 0 Å². The third-order valence-electron chi connectivity index (χ3n) is 16.8. The average molecular weight is 1220 g/mol. The van der Waals surface area contributed by atoms with Crippen LogP contribution in [-0.4, -0.2) is 48.6 Å². The fourth-order valence-electron chi connectivity index (χ4n) is 12.4. The van der Waals surface area contributed by atoms with Gasteiger partial charge in [-0.05, 0) is 97.1 Å². The highest BCUT2D eigenvalue weighted by Crippen LogP contribution is 2.40. The molecule has 11 heteroatoms. The summed E-state index contributed by atoms with van der Waals surface area (Å²) in [5.41, 5.74) is 16.1. The van der Waals surface area contributed by atoms with Crippen LogP contribution in [0.3, 0.4) is 0 Å². The van der Waals surface area contributed by atoms with Crippen LogP contribution in [0.5, 0.6) is 0 Å². The number of hydrogen-bond donors (Lipinski definition) is 1. The Morgan fingerprint density at radius 1 is 0.247 bits per heavy atom. The van der Waals surface area contributed by atoms with Crippen LogP contribution in [0, 0.1) is 0 Å². The van der Waals surface area contributed by atoms with Crippen molar-refractivity contribution in [3.63, 3.8) is 0 Å². The fraction of sp³-hybridized carbons (Fsp3) is 0. The van der Waals surface area contributed by atoms with E-state index in [1.54, 1.807) is 0 Å². The van der Waals surface area contributed by atoms with Gasteiger partial charge in [0.05, 0.1) is 22.1 Å². The van der Waals surface area contributed by atoms with Gasteiger partial charge in [-0.2, -0.15) is 0 Å². The largest absolute Gasteiger partial charge is 0.354 e. The Morgan fingerprint density at radius 3 is 1.12 bits per heavy atom. The Bertz CT molecular complexity index is 5580. The van der Waals surface area contributed by atoms with Crippen molar-refractivity contribution >= 4 is 77.0 Å². The zero-order valence-corrected chi connectivity index (χ0v) is 50.8. The zero-order valence-electron chi connectivity index (χ0n) is 50.1. The smallest absolute Gasteiger partial charge is 0.164 e. The molecule has 93 heavy (non-hydrogen) atoms. The van der Waals surface area contributed by atoms with Gasteiger partial charge in [-0.15, -0.1) is 0 Å². The number of H-pyrrole nitrogens is 1. The van der Waals surface area contributed by atoms with Crippen LogP contribution in [-0.2, 0) is 0 Å². The van der Waals surface area contributed by atoms with E-state index >= 15 is 0 Å². The predicted molar refractivity (Wildman–Crippen MR) is 381 cm³/mol. The zero-order chi connectivity index (χ0) is 62.0. The molecule has 0 aliphatic rings. The number of aromatic amines is 1. The first-order valence-electron chi connectivity index (χ1n) is 30.8. The molecule has 0 unspecified atom stereocenters. The molecule has 440 valence electrons. The standard InChI is InChI=1S/C41H27N5.C21H14ClN3.C20H14N2/c1-4-13-28(14-5-1)39-42-40(29-15-6-2-7-16-29)44-41(43-39)30-17-12-20-32(27-30)46-36-22-11-10-21-33(36)38-34-25-26-45(31-18-8-3-9-19-31)35(34)23-24-37(38)46;22-18-13-7-12-17(14-18)21-24-19(15-8-3-1-4-9-15)23-20(25-21)16-10-5-2-6-11-16;1-2-6-14(7-3-1)22-13-12-16-19(22)11-10-18-20(16)15-8-4-5-9-17(15)21-18/h1-27H;1-14H;1-13,21H. The summed E-state index contributed by atoms with van der Waals surface area (Å²) < 4.78 is 6.86. The van der Waals surface area contributed by atoms with Crippen LogP contribution in [0.4, 0.5) is 0 Å². The lowest BCUT2D eigenvalue weighted by Gasteiger charge is -2.12. The summed E-state index contributed by atoms with van der Waals surface area (Å²) in [6.45, 7) is 0. The Morgan fingerprint density at radius 2 is 0.613 bits per heavy atom. The summed E-state index contributed by atoms with van der Waals surface area (Å²) in [7, 11) is 0. The molecule has 18 rings (SSSR count). The second kappa shape index (κ2) is 24.5. The van der Waals surface area contributed by atoms with E-state index in [1.165, 1.54) is 60.1 Å². The maximum Gasteiger partial charge on any atom is 0.164 e. The number of halogens is 1. The first kappa shape index (κ1) is 55.9. The summed E-state index contributed by atoms with van der Waals surface area (Å²) in [6.07, 6.45) is 4.32. The minimum Gasteiger partial charge on any atom is -0.354 e. The van der Waals surface area contributed by atoms with Crippen LogP contribution in [0.2, 0.25) is 5.02 Å². The van der Waals surface area contributed by atoms with Gasteiger partial charge in [0.15, 0.2) is 34.9 Å². The number of rotatable bonds is 9. The van der Waals surface area contributed by atoms with Crippen LogP contribution < -0.4 is 0 Å². The highest BCUT2D eigenvalue weighted by atomic mass is 35.5. The van der Waals surface area contributed by atoms with Gasteiger partial charge in [-0.1, -0.05) is 230 Å². The summed E-state index contributed by atoms with van der Waals surface area (Å²) in [5, 5.41) is 8.23. The molecule has 12 aromatic carbocycles. The molecular formula is C82H55ClN10. The average Bonchev–Trinajstić information content (AvgIpc) is 1.67. The second-order valence-corrected chi connectivity index (χ2v) is 23.0. The first-order chi connectivity index (χ1) is 46.0. The van der Waals surface area contributed by atoms with Crippen LogP contribution >= 0.6 is 11.6 Å². The molecule has 0 amide bonds. The number of para-hydroxylation sites is 4. The van der Waals surface area contributed by atoms with Gasteiger partial charge in [-0.25, -0.2) is 29.9 Å². The van der Waals surface area contributed by atoms with Gasteiger partial charge >= 0.3 is 0 Å². The molecule has 0 aliphatic heterocycles. The monoisotopic (exact) mass is 1210 g/mol. The van der Waals surface area contributed by atoms with E-state index < -0.39 is 0 Å². The Kier molecular flexibility index (Phi) is 14.8. The van der Waals surface area contributed by atoms with Crippen molar-refractivity contribution < 1.29 is 0 Å². The molecule has 0 spiro atoms. The van der Waals surface area contributed by atoms with Gasteiger partial charge in [-0.3, -0.25) is 0 Å². The Labute approximate surface area is 540 Å². The van der Waals surface area contributed by atoms with Crippen molar-refractivity contribution in [1.29, 1.82) is 0 Å². The van der Waals surface area contributed by atoms with E-state index in [2.05, 4.69) is 210 Å². The molecule has 0 aliphatic carbocycles. The Balaban J connectivity index is 0.000000122. The molecular weight excluding hydrogens is 1160 g/mol. The van der Waals surface area contributed by atoms with Crippen molar-refractivity contribution in [3.8, 4) is 85.4 Å². The summed E-state index contributed by atoms with van der Waals surface area (Å²) >= 11 is 6.14. The van der Waals surface area contributed by atoms with Crippen LogP contribution in [0.15, 0.2) is 328 Å². The number of fused-ring (bicyclic) bond motifs is 10. The first-order valence-corrected chi connectivity index (χ1v) is 31.2. The topological polar surface area (TPSA) is 108 Å². The predicted octanol–water partition coefficient (Wildman–Crippen LogP) is 20.7. The molecule has 0 saturated carbocycles. The van der Waals surface area contributed by atoms with E-state index in [4.69, 9.17) is 26.6 Å². The molecule has 0 radical (unpaired) electrons. The number of aromatic nitrogens is 10. The van der Waals surface area contributed by atoms with Crippen molar-refractivity contribution in [3.05, 3.63) is 333 Å². The maximum absolute atomic E-state index is 6.14. The SMILES string of the molecule is Clc1cccc(-c2nc(-c3ccccc3)nc(-c3ccccc3)n2)c1.c1ccc(-c2nc(-c3ccccc3)nc(-c3cccc(-n4c5ccccc5c5c6ccn(-c7ccccc7)c6ccc54)c3)n2)cc1.c1ccc(-n2ccc3c4c(ccc32)[nH]c2ccccc24)cc1. The van der Waals surface area contributed by atoms with Crippen molar-refractivity contribution in [2.75, 3.05) is 0 Å². The van der Waals surface area contributed by atoms with Gasteiger partial charge in [0.25, 0.3) is 0 Å². The van der Waals surface area contributed by atoms with E-state index in [9.17, 15) is 0 Å². The highest BCUT2D eigenvalue weighted by molar-refractivity contribution is 6.30. The summed E-state index contributed by atoms with van der Waals surface area (Å²) in [6, 6.07) is 107. The third-order valence-corrected chi connectivity index (χ3v) is 17.0. The number of nitrogens with zero attached hydrogens (tertiary/aromatic N) is 9. The van der Waals surface area contributed by atoms with Gasteiger partial charge in [0, 0.05) is 111 Å². The molecule has 18 aromatic rings. The molecule has 6 aromatic heterocycles. The van der Waals surface area contributed by atoms with E-state index in [1.807, 2.05) is 152 Å². The van der Waals surface area contributed by atoms with Crippen molar-refractivity contribution in [1.82, 2.24) is 48.6 Å². The molecule has 0 fully saturated rings. The lowest BCUT2D eigenvalue weighted by Crippen LogP contribution is -2.01. The lowest BCUT2D eigenvalue weighted by molar-refractivity contribution is 1.07. The maximum atomic E-state index is 6.14. The van der Waals surface area contributed by atoms with Gasteiger partial charge < -0.3 is 18.7 Å². The second-order valence-electron chi connectivity index (χ2n) is 22.5. The molecule has 0 bridgehead atoms. The molecule has 6 heterocycles. The Hall–Kier alpha value is -12.4. The molecule has 10 nitrogen and oxygen atoms in total. The lowest BCUT2D eigenvalue weighted by atomic mass is 10.1. The van der Waals surface area contributed by atoms with Gasteiger partial charge in [0.1, 0.15) is 0 Å². The molecule has 1 N–H and O–H groups in total. The quantitative estimate of drug-likeness (QED) is 0.154. The minimum absolute atomic E-state index is 0.607. The number of hydrogen-bond acceptors (Lipinski definition) is 6.